The maximum absolute atomic E-state index is 9.86. The number of hydrogen-bond acceptors (Lipinski definition) is 3. The van der Waals surface area contributed by atoms with Crippen LogP contribution in [0, 0.1) is 0 Å². The standard InChI is InChI=1S/C11H14ClNO2/c1-7(2)13-11(14)10(15-13)8-5-3-4-6-9(8)12/h3-7,10-11,14H,1-2H3/t10-,11+/m0/s1. The third kappa shape index (κ3) is 1.88. The molecule has 0 aromatic heterocycles. The summed E-state index contributed by atoms with van der Waals surface area (Å²) in [5, 5.41) is 12.1. The van der Waals surface area contributed by atoms with Gasteiger partial charge in [0.1, 0.15) is 6.10 Å². The lowest BCUT2D eigenvalue weighted by atomic mass is 10.1. The molecule has 0 aliphatic carbocycles. The van der Waals surface area contributed by atoms with Crippen LogP contribution in [0.5, 0.6) is 0 Å². The van der Waals surface area contributed by atoms with Gasteiger partial charge in [-0.05, 0) is 19.9 Å². The predicted molar refractivity (Wildman–Crippen MR) is 58.3 cm³/mol. The zero-order valence-corrected chi connectivity index (χ0v) is 9.48. The maximum atomic E-state index is 9.86. The van der Waals surface area contributed by atoms with E-state index in [-0.39, 0.29) is 12.1 Å². The fourth-order valence-corrected chi connectivity index (χ4v) is 1.91. The van der Waals surface area contributed by atoms with E-state index >= 15 is 0 Å². The quantitative estimate of drug-likeness (QED) is 0.842. The van der Waals surface area contributed by atoms with Crippen molar-refractivity contribution in [2.45, 2.75) is 32.2 Å². The average Bonchev–Trinajstić information content (AvgIpc) is 2.18. The Morgan fingerprint density at radius 2 is 2.07 bits per heavy atom. The predicted octanol–water partition coefficient (Wildman–Crippen LogP) is 2.36. The molecule has 2 atom stereocenters. The Labute approximate surface area is 94.2 Å². The molecule has 82 valence electrons. The zero-order chi connectivity index (χ0) is 11.0. The Hall–Kier alpha value is -0.610. The van der Waals surface area contributed by atoms with E-state index in [1.165, 1.54) is 0 Å². The minimum Gasteiger partial charge on any atom is -0.373 e. The summed E-state index contributed by atoms with van der Waals surface area (Å²) >= 11 is 6.01. The summed E-state index contributed by atoms with van der Waals surface area (Å²) in [6, 6.07) is 7.57. The van der Waals surface area contributed by atoms with E-state index in [1.807, 2.05) is 32.0 Å². The van der Waals surface area contributed by atoms with Crippen molar-refractivity contribution in [3.05, 3.63) is 34.9 Å². The van der Waals surface area contributed by atoms with Gasteiger partial charge >= 0.3 is 0 Å². The van der Waals surface area contributed by atoms with Gasteiger partial charge in [-0.3, -0.25) is 4.84 Å². The molecule has 1 aromatic carbocycles. The molecular weight excluding hydrogens is 214 g/mol. The molecule has 1 heterocycles. The molecule has 0 amide bonds. The Bertz CT molecular complexity index is 356. The third-order valence-corrected chi connectivity index (χ3v) is 2.83. The van der Waals surface area contributed by atoms with Crippen LogP contribution in [0.1, 0.15) is 25.5 Å². The van der Waals surface area contributed by atoms with E-state index in [2.05, 4.69) is 0 Å². The zero-order valence-electron chi connectivity index (χ0n) is 8.72. The van der Waals surface area contributed by atoms with Gasteiger partial charge < -0.3 is 5.11 Å². The number of aliphatic hydroxyl groups excluding tert-OH is 1. The monoisotopic (exact) mass is 227 g/mol. The van der Waals surface area contributed by atoms with Gasteiger partial charge in [-0.15, -0.1) is 0 Å². The molecule has 0 saturated carbocycles. The van der Waals surface area contributed by atoms with Crippen molar-refractivity contribution in [3.63, 3.8) is 0 Å². The maximum Gasteiger partial charge on any atom is 0.162 e. The largest absolute Gasteiger partial charge is 0.373 e. The summed E-state index contributed by atoms with van der Waals surface area (Å²) in [4.78, 5) is 5.48. The summed E-state index contributed by atoms with van der Waals surface area (Å²) in [5.41, 5.74) is 0.837. The van der Waals surface area contributed by atoms with Crippen molar-refractivity contribution in [1.29, 1.82) is 0 Å². The van der Waals surface area contributed by atoms with Gasteiger partial charge in [0.15, 0.2) is 6.23 Å². The van der Waals surface area contributed by atoms with Crippen LogP contribution in [0.3, 0.4) is 0 Å². The number of rotatable bonds is 2. The summed E-state index contributed by atoms with van der Waals surface area (Å²) in [7, 11) is 0. The summed E-state index contributed by atoms with van der Waals surface area (Å²) in [5.74, 6) is 0. The summed E-state index contributed by atoms with van der Waals surface area (Å²) in [6.07, 6.45) is -0.939. The highest BCUT2D eigenvalue weighted by Crippen LogP contribution is 2.38. The first kappa shape index (κ1) is 10.9. The number of hydrogen-bond donors (Lipinski definition) is 1. The lowest BCUT2D eigenvalue weighted by Gasteiger charge is -2.46. The minimum absolute atomic E-state index is 0.165. The number of aliphatic hydroxyl groups is 1. The van der Waals surface area contributed by atoms with Crippen LogP contribution in [0.4, 0.5) is 0 Å². The molecule has 0 spiro atoms. The van der Waals surface area contributed by atoms with Crippen LogP contribution in [-0.4, -0.2) is 22.4 Å². The van der Waals surface area contributed by atoms with E-state index in [0.29, 0.717) is 5.02 Å². The highest BCUT2D eigenvalue weighted by atomic mass is 35.5. The van der Waals surface area contributed by atoms with Gasteiger partial charge in [0, 0.05) is 16.6 Å². The van der Waals surface area contributed by atoms with Crippen LogP contribution in [0.15, 0.2) is 24.3 Å². The molecule has 4 heteroatoms. The Balaban J connectivity index is 2.13. The van der Waals surface area contributed by atoms with Gasteiger partial charge in [-0.1, -0.05) is 29.8 Å². The van der Waals surface area contributed by atoms with Crippen LogP contribution in [0.25, 0.3) is 0 Å². The van der Waals surface area contributed by atoms with Crippen molar-refractivity contribution >= 4 is 11.6 Å². The van der Waals surface area contributed by atoms with E-state index in [4.69, 9.17) is 16.4 Å². The highest BCUT2D eigenvalue weighted by Gasteiger charge is 2.42. The molecule has 1 saturated heterocycles. The van der Waals surface area contributed by atoms with Crippen molar-refractivity contribution in [2.24, 2.45) is 0 Å². The first-order chi connectivity index (χ1) is 7.11. The Morgan fingerprint density at radius 1 is 1.40 bits per heavy atom. The van der Waals surface area contributed by atoms with Crippen molar-refractivity contribution < 1.29 is 9.94 Å². The number of hydroxylamine groups is 2. The molecule has 1 aliphatic heterocycles. The Kier molecular flexibility index (Phi) is 2.98. The number of halogens is 1. The lowest BCUT2D eigenvalue weighted by Crippen LogP contribution is -2.55. The van der Waals surface area contributed by atoms with Gasteiger partial charge in [0.25, 0.3) is 0 Å². The molecule has 1 fully saturated rings. The summed E-state index contributed by atoms with van der Waals surface area (Å²) in [6.45, 7) is 3.93. The number of nitrogens with zero attached hydrogens (tertiary/aromatic N) is 1. The molecule has 0 bridgehead atoms. The van der Waals surface area contributed by atoms with Gasteiger partial charge in [-0.2, -0.15) is 5.06 Å². The van der Waals surface area contributed by atoms with Crippen molar-refractivity contribution in [2.75, 3.05) is 0 Å². The van der Waals surface area contributed by atoms with E-state index < -0.39 is 6.23 Å². The SMILES string of the molecule is CC(C)N1O[C@@H](c2ccccc2Cl)[C@H]1O. The molecule has 0 unspecified atom stereocenters. The topological polar surface area (TPSA) is 32.7 Å². The smallest absolute Gasteiger partial charge is 0.162 e. The fourth-order valence-electron chi connectivity index (χ4n) is 1.67. The second-order valence-electron chi connectivity index (χ2n) is 3.91. The van der Waals surface area contributed by atoms with Crippen molar-refractivity contribution in [3.8, 4) is 0 Å². The second kappa shape index (κ2) is 4.10. The molecule has 1 aromatic rings. The first-order valence-electron chi connectivity index (χ1n) is 4.99. The molecule has 0 radical (unpaired) electrons. The number of benzene rings is 1. The minimum atomic E-state index is -0.607. The second-order valence-corrected chi connectivity index (χ2v) is 4.32. The van der Waals surface area contributed by atoms with E-state index in [1.54, 1.807) is 11.1 Å². The molecule has 15 heavy (non-hydrogen) atoms. The summed E-state index contributed by atoms with van der Waals surface area (Å²) < 4.78 is 0. The molecule has 1 aliphatic rings. The third-order valence-electron chi connectivity index (χ3n) is 2.49. The van der Waals surface area contributed by atoms with E-state index in [0.717, 1.165) is 5.56 Å². The average molecular weight is 228 g/mol. The molecule has 3 nitrogen and oxygen atoms in total. The fraction of sp³-hybridized carbons (Fsp3) is 0.455. The molecular formula is C11H14ClNO2. The van der Waals surface area contributed by atoms with Crippen LogP contribution in [-0.2, 0) is 4.84 Å². The lowest BCUT2D eigenvalue weighted by molar-refractivity contribution is -0.410. The van der Waals surface area contributed by atoms with E-state index in [9.17, 15) is 5.11 Å². The molecule has 1 N–H and O–H groups in total. The van der Waals surface area contributed by atoms with Gasteiger partial charge in [0.2, 0.25) is 0 Å². The van der Waals surface area contributed by atoms with Gasteiger partial charge in [0.05, 0.1) is 0 Å². The van der Waals surface area contributed by atoms with Crippen LogP contribution < -0.4 is 0 Å². The van der Waals surface area contributed by atoms with Gasteiger partial charge in [-0.25, -0.2) is 0 Å². The Morgan fingerprint density at radius 3 is 2.60 bits per heavy atom. The highest BCUT2D eigenvalue weighted by molar-refractivity contribution is 6.31. The molecule has 2 rings (SSSR count). The normalized spacial score (nSPS) is 26.7. The van der Waals surface area contributed by atoms with Crippen LogP contribution >= 0.6 is 11.6 Å². The van der Waals surface area contributed by atoms with Crippen molar-refractivity contribution in [1.82, 2.24) is 5.06 Å². The van der Waals surface area contributed by atoms with Crippen LogP contribution in [0.2, 0.25) is 5.02 Å². The first-order valence-corrected chi connectivity index (χ1v) is 5.36.